The molecular weight excluding hydrogens is 1130 g/mol. The summed E-state index contributed by atoms with van der Waals surface area (Å²) in [5, 5.41) is 79.9. The molecule has 0 aromatic heterocycles. The number of phenols is 2. The number of primary amides is 1. The summed E-state index contributed by atoms with van der Waals surface area (Å²) < 4.78 is 0. The summed E-state index contributed by atoms with van der Waals surface area (Å²) in [6.45, 7) is 6.41. The fourth-order valence-corrected chi connectivity index (χ4v) is 8.18. The van der Waals surface area contributed by atoms with Crippen LogP contribution in [0.4, 0.5) is 0 Å². The van der Waals surface area contributed by atoms with Gasteiger partial charge in [0.1, 0.15) is 65.9 Å². The molecule has 0 aliphatic heterocycles. The SMILES string of the molecule is CC[C@H](C)[C@H](NC(=O)[C@H](CC(=O)O)NC(=O)[C@H](Cc1ccc(O)cc1)NC(=O)[C@@H](N)Cc1ccc(O)cc1)C(=O)N[C@@H](CC(=O)O)C(=O)N[C@@H](C)C(=O)N[C@@H](CCC(N)=O)C(=O)N[C@H](C(=O)N[C@@H](Cc1ccccc1)C(=O)N[C@@H](C)C(=O)O)[C@@H](C)O. The van der Waals surface area contributed by atoms with Gasteiger partial charge in [-0.15, -0.1) is 0 Å². The highest BCUT2D eigenvalue weighted by molar-refractivity contribution is 6.00. The van der Waals surface area contributed by atoms with Crippen molar-refractivity contribution in [2.45, 2.75) is 153 Å². The molecule has 0 saturated heterocycles. The first-order valence-electron chi connectivity index (χ1n) is 27.1. The number of phenolic OH excluding ortho intramolecular Hbond substituents is 2. The second-order valence-corrected chi connectivity index (χ2v) is 20.4. The van der Waals surface area contributed by atoms with Crippen molar-refractivity contribution < 1.29 is 93.0 Å². The van der Waals surface area contributed by atoms with Crippen molar-refractivity contribution in [2.24, 2.45) is 17.4 Å². The van der Waals surface area contributed by atoms with Crippen LogP contribution in [-0.4, -0.2) is 174 Å². The number of rotatable bonds is 35. The van der Waals surface area contributed by atoms with Crippen LogP contribution in [0, 0.1) is 5.92 Å². The van der Waals surface area contributed by atoms with Crippen LogP contribution < -0.4 is 59.3 Å². The minimum absolute atomic E-state index is 0.0418. The fraction of sp³-hybridized carbons (Fsp3) is 0.446. The van der Waals surface area contributed by atoms with E-state index < -0.39 is 175 Å². The first-order valence-corrected chi connectivity index (χ1v) is 27.1. The lowest BCUT2D eigenvalue weighted by molar-refractivity contribution is -0.142. The molecule has 0 saturated carbocycles. The van der Waals surface area contributed by atoms with Gasteiger partial charge in [0, 0.05) is 19.3 Å². The highest BCUT2D eigenvalue weighted by Gasteiger charge is 2.38. The molecule has 30 nitrogen and oxygen atoms in total. The zero-order valence-electron chi connectivity index (χ0n) is 47.7. The Morgan fingerprint density at radius 1 is 0.442 bits per heavy atom. The van der Waals surface area contributed by atoms with E-state index >= 15 is 0 Å². The fourth-order valence-electron chi connectivity index (χ4n) is 8.18. The molecule has 0 spiro atoms. The zero-order valence-corrected chi connectivity index (χ0v) is 47.7. The molecule has 3 rings (SSSR count). The van der Waals surface area contributed by atoms with E-state index in [-0.39, 0.29) is 37.2 Å². The average molecular weight is 1210 g/mol. The highest BCUT2D eigenvalue weighted by atomic mass is 16.4. The van der Waals surface area contributed by atoms with Gasteiger partial charge in [-0.2, -0.15) is 0 Å². The molecule has 0 aliphatic carbocycles. The van der Waals surface area contributed by atoms with Crippen molar-refractivity contribution >= 4 is 77.0 Å². The molecule has 0 fully saturated rings. The number of aliphatic hydroxyl groups is 1. The molecule has 12 atom stereocenters. The molecule has 0 bridgehead atoms. The lowest BCUT2D eigenvalue weighted by Crippen LogP contribution is -2.62. The summed E-state index contributed by atoms with van der Waals surface area (Å²) in [7, 11) is 0. The lowest BCUT2D eigenvalue weighted by atomic mass is 9.97. The van der Waals surface area contributed by atoms with Crippen LogP contribution in [0.15, 0.2) is 78.9 Å². The summed E-state index contributed by atoms with van der Waals surface area (Å²) in [5.41, 5.74) is 13.0. The van der Waals surface area contributed by atoms with Crippen LogP contribution in [-0.2, 0) is 81.6 Å². The molecule has 10 amide bonds. The normalized spacial score (nSPS) is 15.2. The third-order valence-corrected chi connectivity index (χ3v) is 13.3. The Morgan fingerprint density at radius 2 is 0.826 bits per heavy atom. The van der Waals surface area contributed by atoms with Gasteiger partial charge in [-0.25, -0.2) is 0 Å². The Hall–Kier alpha value is -9.71. The number of nitrogens with one attached hydrogen (secondary N) is 9. The van der Waals surface area contributed by atoms with Gasteiger partial charge in [0.05, 0.1) is 25.0 Å². The summed E-state index contributed by atoms with van der Waals surface area (Å²) in [6, 6.07) is 2.93. The molecule has 0 unspecified atom stereocenters. The molecule has 0 heterocycles. The number of amides is 10. The standard InChI is InChI=1S/C56H75N11O19/c1-6-27(2)45(66-53(82)41(26-44(74)75)63-52(81)39(24-33-14-18-35(70)19-15-33)62-48(77)36(57)22-32-12-16-34(69)17-13-32)54(83)65-40(25-43(72)73)51(80)59-28(3)47(76)61-37(20-21-42(58)71)49(78)67-46(30(5)68)55(84)64-38(23-31-10-8-7-9-11-31)50(79)60-29(4)56(85)86/h7-19,27-30,36-41,45-46,68-70H,6,20-26,57H2,1-5H3,(H2,58,71)(H,59,80)(H,60,79)(H,61,76)(H,62,77)(H,63,81)(H,64,84)(H,65,83)(H,66,82)(H,67,78)(H,72,73)(H,74,75)(H,85,86)/t27-,28-,29-,30+,36-,37-,38-,39-,40-,41-,45-,46-/m0/s1. The highest BCUT2D eigenvalue weighted by Crippen LogP contribution is 2.16. The van der Waals surface area contributed by atoms with E-state index in [9.17, 15) is 93.0 Å². The number of aromatic hydroxyl groups is 2. The molecule has 86 heavy (non-hydrogen) atoms. The Bertz CT molecular complexity index is 2890. The molecule has 3 aromatic carbocycles. The van der Waals surface area contributed by atoms with Gasteiger partial charge < -0.3 is 90.0 Å². The van der Waals surface area contributed by atoms with E-state index in [1.807, 2.05) is 0 Å². The topological polar surface area (TPSA) is 504 Å². The predicted molar refractivity (Wildman–Crippen MR) is 302 cm³/mol. The van der Waals surface area contributed by atoms with Crippen molar-refractivity contribution in [3.8, 4) is 11.5 Å². The van der Waals surface area contributed by atoms with Gasteiger partial charge in [-0.3, -0.25) is 62.3 Å². The minimum Gasteiger partial charge on any atom is -0.508 e. The predicted octanol–water partition coefficient (Wildman–Crippen LogP) is -3.42. The number of carboxylic acids is 3. The number of carbonyl (C=O) groups is 13. The third-order valence-electron chi connectivity index (χ3n) is 13.3. The van der Waals surface area contributed by atoms with E-state index in [4.69, 9.17) is 11.5 Å². The second-order valence-electron chi connectivity index (χ2n) is 20.4. The lowest BCUT2D eigenvalue weighted by Gasteiger charge is -2.29. The maximum atomic E-state index is 14.1. The number of carbonyl (C=O) groups excluding carboxylic acids is 10. The van der Waals surface area contributed by atoms with Crippen LogP contribution in [0.5, 0.6) is 11.5 Å². The Labute approximate surface area is 493 Å². The molecular formula is C56H75N11O19. The summed E-state index contributed by atoms with van der Waals surface area (Å²) in [6.07, 6.45) is -5.34. The van der Waals surface area contributed by atoms with Crippen molar-refractivity contribution in [1.82, 2.24) is 47.9 Å². The number of carboxylic acid groups (broad SMARTS) is 3. The van der Waals surface area contributed by atoms with Crippen LogP contribution in [0.25, 0.3) is 0 Å². The van der Waals surface area contributed by atoms with Gasteiger partial charge in [-0.1, -0.05) is 74.9 Å². The summed E-state index contributed by atoms with van der Waals surface area (Å²) in [5.74, 6) is -16.7. The van der Waals surface area contributed by atoms with Gasteiger partial charge in [0.15, 0.2) is 0 Å². The molecule has 0 radical (unpaired) electrons. The van der Waals surface area contributed by atoms with Crippen LogP contribution in [0.1, 0.15) is 83.4 Å². The maximum Gasteiger partial charge on any atom is 0.325 e. The number of nitrogens with two attached hydrogens (primary N) is 2. The Kier molecular flexibility index (Phi) is 28.0. The molecule has 19 N–H and O–H groups in total. The second kappa shape index (κ2) is 34.2. The molecule has 30 heteroatoms. The van der Waals surface area contributed by atoms with Gasteiger partial charge in [0.2, 0.25) is 59.1 Å². The van der Waals surface area contributed by atoms with Crippen LogP contribution >= 0.6 is 0 Å². The Morgan fingerprint density at radius 3 is 1.30 bits per heavy atom. The van der Waals surface area contributed by atoms with Crippen LogP contribution in [0.3, 0.4) is 0 Å². The van der Waals surface area contributed by atoms with Crippen LogP contribution in [0.2, 0.25) is 0 Å². The summed E-state index contributed by atoms with van der Waals surface area (Å²) >= 11 is 0. The first-order chi connectivity index (χ1) is 40.4. The Balaban J connectivity index is 1.82. The number of aliphatic carboxylic acids is 3. The number of hydrogen-bond acceptors (Lipinski definition) is 17. The molecule has 3 aromatic rings. The molecule has 0 aliphatic rings. The largest absolute Gasteiger partial charge is 0.508 e. The number of benzene rings is 3. The van der Waals surface area contributed by atoms with Gasteiger partial charge >= 0.3 is 17.9 Å². The van der Waals surface area contributed by atoms with E-state index in [1.54, 1.807) is 37.3 Å². The number of hydrogen-bond donors (Lipinski definition) is 17. The molecule has 468 valence electrons. The third kappa shape index (κ3) is 23.9. The monoisotopic (exact) mass is 1210 g/mol. The summed E-state index contributed by atoms with van der Waals surface area (Å²) in [4.78, 5) is 171. The van der Waals surface area contributed by atoms with Gasteiger partial charge in [0.25, 0.3) is 0 Å². The van der Waals surface area contributed by atoms with Crippen molar-refractivity contribution in [3.63, 3.8) is 0 Å². The average Bonchev–Trinajstić information content (AvgIpc) is 3.48. The van der Waals surface area contributed by atoms with Crippen molar-refractivity contribution in [2.75, 3.05) is 0 Å². The smallest absolute Gasteiger partial charge is 0.325 e. The van der Waals surface area contributed by atoms with E-state index in [0.717, 1.165) is 13.8 Å². The van der Waals surface area contributed by atoms with E-state index in [1.165, 1.54) is 62.4 Å². The van der Waals surface area contributed by atoms with E-state index in [2.05, 4.69) is 47.9 Å². The van der Waals surface area contributed by atoms with Gasteiger partial charge in [-0.05, 0) is 80.5 Å². The van der Waals surface area contributed by atoms with E-state index in [0.29, 0.717) is 16.7 Å². The minimum atomic E-state index is -2.00. The quantitative estimate of drug-likeness (QED) is 0.0273. The first kappa shape index (κ1) is 70.6. The van der Waals surface area contributed by atoms with Crippen molar-refractivity contribution in [1.29, 1.82) is 0 Å². The number of aliphatic hydroxyl groups excluding tert-OH is 1. The zero-order chi connectivity index (χ0) is 64.5. The van der Waals surface area contributed by atoms with Crippen molar-refractivity contribution in [3.05, 3.63) is 95.6 Å². The maximum absolute atomic E-state index is 14.1.